The molecule has 2 aromatic carbocycles. The Balaban J connectivity index is 1.36. The molecule has 0 spiro atoms. The molecule has 3 amide bonds. The fourth-order valence-electron chi connectivity index (χ4n) is 3.73. The summed E-state index contributed by atoms with van der Waals surface area (Å²) in [5.74, 6) is 0.770. The van der Waals surface area contributed by atoms with Crippen LogP contribution in [0.3, 0.4) is 0 Å². The van der Waals surface area contributed by atoms with Crippen LogP contribution in [0.25, 0.3) is 0 Å². The van der Waals surface area contributed by atoms with E-state index in [0.29, 0.717) is 47.6 Å². The van der Waals surface area contributed by atoms with Gasteiger partial charge in [0.1, 0.15) is 10.6 Å². The smallest absolute Gasteiger partial charge is 0.325 e. The molecule has 0 bridgehead atoms. The molecular formula is C24H27N5O3S. The van der Waals surface area contributed by atoms with Gasteiger partial charge >= 0.3 is 6.03 Å². The highest BCUT2D eigenvalue weighted by Gasteiger charge is 2.26. The number of urea groups is 1. The standard InChI is InChI=1S/C24H27N5O3S/c1-16-8-10-18(11-9-16)26-23(31)27-24-25-17(2)21(33-24)22(30)29-14-12-28(13-15-29)19-6-4-5-7-20(19)32-3/h4-11H,12-15H2,1-3H3,(H2,25,26,27,31). The summed E-state index contributed by atoms with van der Waals surface area (Å²) in [6.07, 6.45) is 0. The monoisotopic (exact) mass is 465 g/mol. The molecule has 2 N–H and O–H groups in total. The Morgan fingerprint density at radius 3 is 2.36 bits per heavy atom. The second kappa shape index (κ2) is 9.91. The molecule has 9 heteroatoms. The zero-order valence-electron chi connectivity index (χ0n) is 18.9. The molecule has 172 valence electrons. The van der Waals surface area contributed by atoms with Gasteiger partial charge in [0.05, 0.1) is 18.5 Å². The van der Waals surface area contributed by atoms with Crippen molar-refractivity contribution < 1.29 is 14.3 Å². The van der Waals surface area contributed by atoms with Crippen LogP contribution in [0.15, 0.2) is 48.5 Å². The van der Waals surface area contributed by atoms with Gasteiger partial charge in [0.25, 0.3) is 5.91 Å². The van der Waals surface area contributed by atoms with Crippen LogP contribution in [0.2, 0.25) is 0 Å². The van der Waals surface area contributed by atoms with Gasteiger partial charge in [-0.25, -0.2) is 9.78 Å². The molecular weight excluding hydrogens is 438 g/mol. The summed E-state index contributed by atoms with van der Waals surface area (Å²) in [6, 6.07) is 15.0. The van der Waals surface area contributed by atoms with Crippen LogP contribution in [0.5, 0.6) is 5.75 Å². The molecule has 1 aromatic heterocycles. The van der Waals surface area contributed by atoms with E-state index in [1.54, 1.807) is 14.0 Å². The van der Waals surface area contributed by atoms with Gasteiger partial charge in [-0.05, 0) is 38.1 Å². The number of nitrogens with one attached hydrogen (secondary N) is 2. The first kappa shape index (κ1) is 22.6. The third-order valence-electron chi connectivity index (χ3n) is 5.51. The molecule has 8 nitrogen and oxygen atoms in total. The van der Waals surface area contributed by atoms with E-state index < -0.39 is 6.03 Å². The van der Waals surface area contributed by atoms with Crippen LogP contribution in [0, 0.1) is 13.8 Å². The number of aromatic nitrogens is 1. The summed E-state index contributed by atoms with van der Waals surface area (Å²) in [5.41, 5.74) is 3.45. The summed E-state index contributed by atoms with van der Waals surface area (Å²) in [5, 5.41) is 5.90. The molecule has 0 unspecified atom stereocenters. The highest BCUT2D eigenvalue weighted by molar-refractivity contribution is 7.17. The number of thiazole rings is 1. The van der Waals surface area contributed by atoms with Crippen LogP contribution in [-0.4, -0.2) is 55.1 Å². The van der Waals surface area contributed by atoms with Gasteiger partial charge in [0, 0.05) is 31.9 Å². The van der Waals surface area contributed by atoms with Crippen molar-refractivity contribution in [3.8, 4) is 5.75 Å². The first-order chi connectivity index (χ1) is 15.9. The summed E-state index contributed by atoms with van der Waals surface area (Å²) in [7, 11) is 1.66. The van der Waals surface area contributed by atoms with Crippen LogP contribution >= 0.6 is 11.3 Å². The maximum absolute atomic E-state index is 13.1. The molecule has 33 heavy (non-hydrogen) atoms. The van der Waals surface area contributed by atoms with Crippen molar-refractivity contribution in [2.24, 2.45) is 0 Å². The third kappa shape index (κ3) is 5.25. The molecule has 0 aliphatic carbocycles. The molecule has 2 heterocycles. The number of hydrogen-bond donors (Lipinski definition) is 2. The Hall–Kier alpha value is -3.59. The lowest BCUT2D eigenvalue weighted by atomic mass is 10.2. The minimum atomic E-state index is -0.392. The molecule has 4 rings (SSSR count). The molecule has 1 aliphatic rings. The first-order valence-electron chi connectivity index (χ1n) is 10.7. The van der Waals surface area contributed by atoms with Gasteiger partial charge in [0.15, 0.2) is 5.13 Å². The minimum Gasteiger partial charge on any atom is -0.495 e. The van der Waals surface area contributed by atoms with Gasteiger partial charge in [-0.1, -0.05) is 41.2 Å². The zero-order chi connectivity index (χ0) is 23.4. The molecule has 1 saturated heterocycles. The topological polar surface area (TPSA) is 86.8 Å². The normalized spacial score (nSPS) is 13.5. The van der Waals surface area contributed by atoms with E-state index in [2.05, 4.69) is 20.5 Å². The fraction of sp³-hybridized carbons (Fsp3) is 0.292. The largest absolute Gasteiger partial charge is 0.495 e. The number of rotatable bonds is 5. The maximum atomic E-state index is 13.1. The summed E-state index contributed by atoms with van der Waals surface area (Å²) >= 11 is 1.20. The van der Waals surface area contributed by atoms with E-state index in [4.69, 9.17) is 4.74 Å². The van der Waals surface area contributed by atoms with Crippen LogP contribution in [0.4, 0.5) is 21.3 Å². The van der Waals surface area contributed by atoms with Gasteiger partial charge in [-0.3, -0.25) is 10.1 Å². The van der Waals surface area contributed by atoms with Crippen molar-refractivity contribution in [1.29, 1.82) is 0 Å². The predicted molar refractivity (Wildman–Crippen MR) is 132 cm³/mol. The molecule has 1 fully saturated rings. The number of ether oxygens (including phenoxy) is 1. The van der Waals surface area contributed by atoms with Gasteiger partial charge < -0.3 is 19.9 Å². The van der Waals surface area contributed by atoms with E-state index in [9.17, 15) is 9.59 Å². The number of aryl methyl sites for hydroxylation is 2. The molecule has 0 radical (unpaired) electrons. The van der Waals surface area contributed by atoms with E-state index in [1.807, 2.05) is 60.4 Å². The SMILES string of the molecule is COc1ccccc1N1CCN(C(=O)c2sc(NC(=O)Nc3ccc(C)cc3)nc2C)CC1. The molecule has 0 atom stereocenters. The fourth-order valence-corrected chi connectivity index (χ4v) is 4.66. The number of anilines is 3. The predicted octanol–water partition coefficient (Wildman–Crippen LogP) is 4.37. The van der Waals surface area contributed by atoms with E-state index in [-0.39, 0.29) is 5.91 Å². The lowest BCUT2D eigenvalue weighted by Crippen LogP contribution is -2.48. The summed E-state index contributed by atoms with van der Waals surface area (Å²) in [4.78, 5) is 34.4. The zero-order valence-corrected chi connectivity index (χ0v) is 19.7. The second-order valence-electron chi connectivity index (χ2n) is 7.83. The van der Waals surface area contributed by atoms with Crippen molar-refractivity contribution in [3.05, 3.63) is 64.7 Å². The number of methoxy groups -OCH3 is 1. The van der Waals surface area contributed by atoms with Gasteiger partial charge in [-0.2, -0.15) is 0 Å². The Morgan fingerprint density at radius 2 is 1.67 bits per heavy atom. The van der Waals surface area contributed by atoms with Crippen molar-refractivity contribution in [3.63, 3.8) is 0 Å². The van der Waals surface area contributed by atoms with Crippen LogP contribution in [0.1, 0.15) is 20.9 Å². The Labute approximate surface area is 197 Å². The molecule has 3 aromatic rings. The van der Waals surface area contributed by atoms with Crippen LogP contribution in [-0.2, 0) is 0 Å². The average Bonchev–Trinajstić information content (AvgIpc) is 3.19. The third-order valence-corrected chi connectivity index (χ3v) is 6.57. The number of carbonyl (C=O) groups is 2. The summed E-state index contributed by atoms with van der Waals surface area (Å²) < 4.78 is 5.47. The number of benzene rings is 2. The number of hydrogen-bond acceptors (Lipinski definition) is 6. The number of para-hydroxylation sites is 2. The average molecular weight is 466 g/mol. The first-order valence-corrected chi connectivity index (χ1v) is 11.6. The van der Waals surface area contributed by atoms with E-state index >= 15 is 0 Å². The number of amides is 3. The number of piperazine rings is 1. The number of carbonyl (C=O) groups excluding carboxylic acids is 2. The Bertz CT molecular complexity index is 1140. The van der Waals surface area contributed by atoms with Crippen LogP contribution < -0.4 is 20.3 Å². The van der Waals surface area contributed by atoms with E-state index in [1.165, 1.54) is 11.3 Å². The quantitative estimate of drug-likeness (QED) is 0.584. The van der Waals surface area contributed by atoms with Crippen molar-refractivity contribution in [2.45, 2.75) is 13.8 Å². The van der Waals surface area contributed by atoms with Gasteiger partial charge in [-0.15, -0.1) is 0 Å². The van der Waals surface area contributed by atoms with Crippen molar-refractivity contribution >= 4 is 39.8 Å². The lowest BCUT2D eigenvalue weighted by molar-refractivity contribution is 0.0750. The Kier molecular flexibility index (Phi) is 6.79. The molecule has 1 aliphatic heterocycles. The minimum absolute atomic E-state index is 0.0586. The lowest BCUT2D eigenvalue weighted by Gasteiger charge is -2.36. The maximum Gasteiger partial charge on any atom is 0.325 e. The van der Waals surface area contributed by atoms with Crippen molar-refractivity contribution in [2.75, 3.05) is 48.8 Å². The second-order valence-corrected chi connectivity index (χ2v) is 8.83. The Morgan fingerprint density at radius 1 is 0.970 bits per heavy atom. The van der Waals surface area contributed by atoms with Crippen molar-refractivity contribution in [1.82, 2.24) is 9.88 Å². The highest BCUT2D eigenvalue weighted by atomic mass is 32.1. The van der Waals surface area contributed by atoms with E-state index in [0.717, 1.165) is 17.0 Å². The van der Waals surface area contributed by atoms with Gasteiger partial charge in [0.2, 0.25) is 0 Å². The molecule has 0 saturated carbocycles. The number of nitrogens with zero attached hydrogens (tertiary/aromatic N) is 3. The highest BCUT2D eigenvalue weighted by Crippen LogP contribution is 2.29. The summed E-state index contributed by atoms with van der Waals surface area (Å²) in [6.45, 7) is 6.41.